The second-order valence-electron chi connectivity index (χ2n) is 9.86. The molecule has 0 aromatic carbocycles. The highest BCUT2D eigenvalue weighted by Gasteiger charge is 2.21. The fraction of sp³-hybridized carbons (Fsp3) is 0.548. The van der Waals surface area contributed by atoms with Crippen molar-refractivity contribution in [3.8, 4) is 0 Å². The van der Waals surface area contributed by atoms with E-state index in [1.54, 1.807) is 13.8 Å². The van der Waals surface area contributed by atoms with Crippen LogP contribution in [0.5, 0.6) is 0 Å². The lowest BCUT2D eigenvalue weighted by Crippen LogP contribution is -2.11. The number of carbonyl (C=O) groups is 2. The van der Waals surface area contributed by atoms with Crippen molar-refractivity contribution in [3.63, 3.8) is 0 Å². The van der Waals surface area contributed by atoms with Crippen LogP contribution in [-0.2, 0) is 19.1 Å². The summed E-state index contributed by atoms with van der Waals surface area (Å²) in [6, 6.07) is 0. The normalized spacial score (nSPS) is 15.7. The molecule has 0 aliphatic heterocycles. The fourth-order valence-corrected chi connectivity index (χ4v) is 4.43. The number of hydrogen-bond donors (Lipinski definition) is 0. The van der Waals surface area contributed by atoms with Gasteiger partial charge in [-0.25, -0.2) is 9.59 Å². The van der Waals surface area contributed by atoms with Crippen LogP contribution in [0.15, 0.2) is 70.8 Å². The second-order valence-corrected chi connectivity index (χ2v) is 9.86. The molecule has 2 aliphatic carbocycles. The molecule has 0 saturated carbocycles. The van der Waals surface area contributed by atoms with Crippen molar-refractivity contribution < 1.29 is 19.1 Å². The van der Waals surface area contributed by atoms with Crippen LogP contribution in [0, 0.1) is 0 Å². The number of hydrogen-bond acceptors (Lipinski definition) is 4. The number of esters is 2. The van der Waals surface area contributed by atoms with E-state index in [2.05, 4.69) is 32.2 Å². The smallest absolute Gasteiger partial charge is 0.338 e. The highest BCUT2D eigenvalue weighted by Crippen LogP contribution is 2.36. The number of ether oxygens (including phenoxy) is 2. The van der Waals surface area contributed by atoms with Crippen LogP contribution in [-0.4, -0.2) is 11.9 Å². The Bertz CT molecular complexity index is 910. The first-order valence-corrected chi connectivity index (χ1v) is 13.4. The summed E-state index contributed by atoms with van der Waals surface area (Å²) >= 11 is 0. The molecule has 192 valence electrons. The summed E-state index contributed by atoms with van der Waals surface area (Å²) in [7, 11) is 0. The molecule has 4 heteroatoms. The van der Waals surface area contributed by atoms with Gasteiger partial charge in [0.05, 0.1) is 0 Å². The third kappa shape index (κ3) is 10.3. The van der Waals surface area contributed by atoms with E-state index >= 15 is 0 Å². The summed E-state index contributed by atoms with van der Waals surface area (Å²) < 4.78 is 11.0. The first-order chi connectivity index (χ1) is 16.8. The zero-order valence-electron chi connectivity index (χ0n) is 22.2. The first-order valence-electron chi connectivity index (χ1n) is 13.4. The maximum absolute atomic E-state index is 12.1. The van der Waals surface area contributed by atoms with Gasteiger partial charge in [-0.1, -0.05) is 77.5 Å². The van der Waals surface area contributed by atoms with Gasteiger partial charge < -0.3 is 9.47 Å². The molecule has 35 heavy (non-hydrogen) atoms. The zero-order chi connectivity index (χ0) is 25.6. The maximum atomic E-state index is 12.1. The van der Waals surface area contributed by atoms with Gasteiger partial charge in [-0.2, -0.15) is 0 Å². The summed E-state index contributed by atoms with van der Waals surface area (Å²) in [5.74, 6) is 0.690. The van der Waals surface area contributed by atoms with E-state index in [0.29, 0.717) is 29.7 Å². The molecule has 0 amide bonds. The monoisotopic (exact) mass is 480 g/mol. The molecule has 0 fully saturated rings. The average molecular weight is 481 g/mol. The molecule has 0 atom stereocenters. The lowest BCUT2D eigenvalue weighted by molar-refractivity contribution is -0.136. The van der Waals surface area contributed by atoms with Crippen molar-refractivity contribution in [3.05, 3.63) is 70.8 Å². The molecule has 0 aromatic heterocycles. The zero-order valence-corrected chi connectivity index (χ0v) is 22.2. The SMILES string of the molecule is C=C(C)C(=O)OC1=CC=C(C2=C(CCCCCCCCCCC)C=C(OC(=O)C(=C)C)CC2)CC1. The molecule has 2 rings (SSSR count). The van der Waals surface area contributed by atoms with E-state index < -0.39 is 0 Å². The predicted molar refractivity (Wildman–Crippen MR) is 143 cm³/mol. The second kappa shape index (κ2) is 15.4. The third-order valence-electron chi connectivity index (χ3n) is 6.54. The van der Waals surface area contributed by atoms with Gasteiger partial charge in [-0.15, -0.1) is 0 Å². The van der Waals surface area contributed by atoms with Crippen LogP contribution in [0.1, 0.15) is 111 Å². The Morgan fingerprint density at radius 3 is 1.83 bits per heavy atom. The summed E-state index contributed by atoms with van der Waals surface area (Å²) in [4.78, 5) is 23.9. The van der Waals surface area contributed by atoms with Crippen LogP contribution < -0.4 is 0 Å². The van der Waals surface area contributed by atoms with Crippen LogP contribution in [0.3, 0.4) is 0 Å². The first kappa shape index (κ1) is 28.6. The minimum Gasteiger partial charge on any atom is -0.428 e. The van der Waals surface area contributed by atoms with Crippen LogP contribution >= 0.6 is 0 Å². The lowest BCUT2D eigenvalue weighted by Gasteiger charge is -2.24. The average Bonchev–Trinajstić information content (AvgIpc) is 2.83. The molecule has 0 heterocycles. The maximum Gasteiger partial charge on any atom is 0.338 e. The topological polar surface area (TPSA) is 52.6 Å². The van der Waals surface area contributed by atoms with Crippen molar-refractivity contribution in [1.82, 2.24) is 0 Å². The molecule has 0 N–H and O–H groups in total. The van der Waals surface area contributed by atoms with E-state index in [9.17, 15) is 9.59 Å². The van der Waals surface area contributed by atoms with E-state index in [-0.39, 0.29) is 11.9 Å². The third-order valence-corrected chi connectivity index (χ3v) is 6.54. The van der Waals surface area contributed by atoms with E-state index in [1.807, 2.05) is 6.08 Å². The number of allylic oxidation sites excluding steroid dienone is 8. The highest BCUT2D eigenvalue weighted by atomic mass is 16.5. The number of carbonyl (C=O) groups excluding carboxylic acids is 2. The largest absolute Gasteiger partial charge is 0.428 e. The van der Waals surface area contributed by atoms with Crippen LogP contribution in [0.4, 0.5) is 0 Å². The van der Waals surface area contributed by atoms with Crippen molar-refractivity contribution >= 4 is 11.9 Å². The summed E-state index contributed by atoms with van der Waals surface area (Å²) in [5.41, 5.74) is 4.72. The number of rotatable bonds is 15. The Hall–Kier alpha value is -2.62. The summed E-state index contributed by atoms with van der Waals surface area (Å²) in [6.45, 7) is 12.9. The minimum absolute atomic E-state index is 0.356. The van der Waals surface area contributed by atoms with E-state index in [1.165, 1.54) is 68.1 Å². The van der Waals surface area contributed by atoms with Gasteiger partial charge in [0.15, 0.2) is 0 Å². The van der Waals surface area contributed by atoms with Gasteiger partial charge in [0.1, 0.15) is 11.5 Å². The van der Waals surface area contributed by atoms with Crippen molar-refractivity contribution in [1.29, 1.82) is 0 Å². The molecule has 0 radical (unpaired) electrons. The van der Waals surface area contributed by atoms with Gasteiger partial charge in [0.2, 0.25) is 0 Å². The quantitative estimate of drug-likeness (QED) is 0.134. The van der Waals surface area contributed by atoms with E-state index in [0.717, 1.165) is 31.4 Å². The number of unbranched alkanes of at least 4 members (excludes halogenated alkanes) is 8. The molecule has 0 unspecified atom stereocenters. The molecule has 0 bridgehead atoms. The Labute approximate surface area is 212 Å². The van der Waals surface area contributed by atoms with Gasteiger partial charge in [-0.3, -0.25) is 0 Å². The Morgan fingerprint density at radius 2 is 1.29 bits per heavy atom. The molecule has 0 saturated heterocycles. The van der Waals surface area contributed by atoms with Gasteiger partial charge in [-0.05, 0) is 68.4 Å². The summed E-state index contributed by atoms with van der Waals surface area (Å²) in [5, 5.41) is 0. The fourth-order valence-electron chi connectivity index (χ4n) is 4.43. The van der Waals surface area contributed by atoms with Crippen molar-refractivity contribution in [2.75, 3.05) is 0 Å². The lowest BCUT2D eigenvalue weighted by atomic mass is 9.84. The van der Waals surface area contributed by atoms with Gasteiger partial charge >= 0.3 is 11.9 Å². The highest BCUT2D eigenvalue weighted by molar-refractivity contribution is 5.88. The molecule has 0 spiro atoms. The Balaban J connectivity index is 2.04. The Kier molecular flexibility index (Phi) is 12.6. The predicted octanol–water partition coefficient (Wildman–Crippen LogP) is 8.72. The van der Waals surface area contributed by atoms with Gasteiger partial charge in [0, 0.05) is 24.0 Å². The van der Waals surface area contributed by atoms with Crippen molar-refractivity contribution in [2.24, 2.45) is 0 Å². The minimum atomic E-state index is -0.372. The standard InChI is InChI=1S/C31H44O4/c1-6-7-8-9-10-11-12-13-14-15-26-22-28(35-31(33)24(4)5)20-21-29(26)25-16-18-27(19-17-25)34-30(32)23(2)3/h16,18,22H,2,4,6-15,17,19-21H2,1,3,5H3. The molecule has 4 nitrogen and oxygen atoms in total. The van der Waals surface area contributed by atoms with Crippen LogP contribution in [0.2, 0.25) is 0 Å². The molecular formula is C31H44O4. The van der Waals surface area contributed by atoms with E-state index in [4.69, 9.17) is 9.47 Å². The molecular weight excluding hydrogens is 436 g/mol. The molecule has 0 aromatic rings. The summed E-state index contributed by atoms with van der Waals surface area (Å²) in [6.07, 6.45) is 21.8. The van der Waals surface area contributed by atoms with Crippen molar-refractivity contribution in [2.45, 2.75) is 111 Å². The molecule has 2 aliphatic rings. The Morgan fingerprint density at radius 1 is 0.743 bits per heavy atom. The van der Waals surface area contributed by atoms with Crippen LogP contribution in [0.25, 0.3) is 0 Å². The van der Waals surface area contributed by atoms with Gasteiger partial charge in [0.25, 0.3) is 0 Å².